The molecule has 0 aliphatic heterocycles. The van der Waals surface area contributed by atoms with Crippen molar-refractivity contribution in [2.45, 2.75) is 4.90 Å². The van der Waals surface area contributed by atoms with Gasteiger partial charge in [-0.25, -0.2) is 8.42 Å². The Morgan fingerprint density at radius 1 is 1.00 bits per heavy atom. The summed E-state index contributed by atoms with van der Waals surface area (Å²) in [7, 11) is -3.63. The number of anilines is 2. The topological polar surface area (TPSA) is 72.2 Å². The Hall–Kier alpha value is -2.05. The van der Waals surface area contributed by atoms with Crippen molar-refractivity contribution < 1.29 is 8.42 Å². The molecule has 4 nitrogen and oxygen atoms in total. The quantitative estimate of drug-likeness (QED) is 0.729. The molecular formula is C14H12N2O2S2. The predicted octanol–water partition coefficient (Wildman–Crippen LogP) is 3.28. The highest BCUT2D eigenvalue weighted by Crippen LogP contribution is 2.29. The Balaban J connectivity index is 2.17. The molecule has 0 fully saturated rings. The van der Waals surface area contributed by atoms with Gasteiger partial charge in [0.15, 0.2) is 0 Å². The van der Waals surface area contributed by atoms with Gasteiger partial charge in [-0.1, -0.05) is 24.3 Å². The zero-order chi connectivity index (χ0) is 14.2. The molecule has 2 aromatic carbocycles. The van der Waals surface area contributed by atoms with Crippen molar-refractivity contribution >= 4 is 43.5 Å². The van der Waals surface area contributed by atoms with Crippen LogP contribution in [0.5, 0.6) is 0 Å². The molecule has 3 N–H and O–H groups in total. The van der Waals surface area contributed by atoms with Crippen LogP contribution in [0.4, 0.5) is 11.4 Å². The van der Waals surface area contributed by atoms with Gasteiger partial charge in [0.1, 0.15) is 0 Å². The van der Waals surface area contributed by atoms with Crippen LogP contribution in [0.25, 0.3) is 10.8 Å². The normalized spacial score (nSPS) is 11.6. The fourth-order valence-electron chi connectivity index (χ4n) is 2.06. The molecule has 0 amide bonds. The van der Waals surface area contributed by atoms with E-state index >= 15 is 0 Å². The Bertz CT molecular complexity index is 856. The molecule has 102 valence electrons. The zero-order valence-corrected chi connectivity index (χ0v) is 12.0. The first kappa shape index (κ1) is 13.0. The monoisotopic (exact) mass is 304 g/mol. The molecule has 1 heterocycles. The third-order valence-electron chi connectivity index (χ3n) is 2.98. The number of nitrogens with one attached hydrogen (secondary N) is 1. The van der Waals surface area contributed by atoms with E-state index in [9.17, 15) is 8.42 Å². The lowest BCUT2D eigenvalue weighted by atomic mass is 10.1. The summed E-state index contributed by atoms with van der Waals surface area (Å²) in [6.07, 6.45) is 0. The number of rotatable bonds is 3. The molecule has 0 aliphatic carbocycles. The molecule has 6 heteroatoms. The Morgan fingerprint density at radius 3 is 2.45 bits per heavy atom. The molecule has 0 atom stereocenters. The van der Waals surface area contributed by atoms with E-state index in [-0.39, 0.29) is 4.90 Å². The molecule has 0 unspecified atom stereocenters. The second-order valence-corrected chi connectivity index (χ2v) is 6.75. The van der Waals surface area contributed by atoms with E-state index in [1.165, 1.54) is 17.4 Å². The average Bonchev–Trinajstić information content (AvgIpc) is 2.91. The molecule has 3 rings (SSSR count). The highest BCUT2D eigenvalue weighted by molar-refractivity contribution is 7.93. The number of hydrogen-bond donors (Lipinski definition) is 2. The van der Waals surface area contributed by atoms with Crippen LogP contribution in [0.1, 0.15) is 0 Å². The minimum absolute atomic E-state index is 0.230. The van der Waals surface area contributed by atoms with Crippen molar-refractivity contribution in [1.29, 1.82) is 0 Å². The van der Waals surface area contributed by atoms with E-state index in [0.717, 1.165) is 5.39 Å². The lowest BCUT2D eigenvalue weighted by Gasteiger charge is -2.10. The summed E-state index contributed by atoms with van der Waals surface area (Å²) in [5.74, 6) is 0. The number of thiophene rings is 1. The molecule has 0 bridgehead atoms. The van der Waals surface area contributed by atoms with Gasteiger partial charge in [0.2, 0.25) is 0 Å². The van der Waals surface area contributed by atoms with Gasteiger partial charge in [-0.05, 0) is 23.6 Å². The number of fused-ring (bicyclic) bond motifs is 1. The second-order valence-electron chi connectivity index (χ2n) is 4.32. The Kier molecular flexibility index (Phi) is 3.11. The van der Waals surface area contributed by atoms with Crippen LogP contribution in [0.3, 0.4) is 0 Å². The maximum Gasteiger partial charge on any atom is 0.262 e. The van der Waals surface area contributed by atoms with Crippen molar-refractivity contribution in [3.8, 4) is 0 Å². The number of sulfonamides is 1. The highest BCUT2D eigenvalue weighted by atomic mass is 32.2. The van der Waals surface area contributed by atoms with Crippen molar-refractivity contribution in [3.05, 3.63) is 53.2 Å². The van der Waals surface area contributed by atoms with Crippen molar-refractivity contribution in [3.63, 3.8) is 0 Å². The lowest BCUT2D eigenvalue weighted by molar-refractivity contribution is 0.602. The first-order valence-electron chi connectivity index (χ1n) is 5.90. The third-order valence-corrected chi connectivity index (χ3v) is 5.10. The second kappa shape index (κ2) is 4.81. The van der Waals surface area contributed by atoms with E-state index in [1.807, 2.05) is 17.5 Å². The lowest BCUT2D eigenvalue weighted by Crippen LogP contribution is -2.13. The third kappa shape index (κ3) is 2.23. The molecule has 1 aromatic heterocycles. The number of nitrogen functional groups attached to an aromatic ring is 1. The van der Waals surface area contributed by atoms with E-state index in [2.05, 4.69) is 4.72 Å². The fourth-order valence-corrected chi connectivity index (χ4v) is 3.99. The van der Waals surface area contributed by atoms with Crippen molar-refractivity contribution in [2.75, 3.05) is 10.5 Å². The number of benzene rings is 2. The van der Waals surface area contributed by atoms with Crippen LogP contribution < -0.4 is 10.5 Å². The average molecular weight is 304 g/mol. The smallest absolute Gasteiger partial charge is 0.262 e. The van der Waals surface area contributed by atoms with Crippen LogP contribution in [-0.2, 0) is 10.0 Å². The molecule has 0 radical (unpaired) electrons. The molecule has 0 saturated carbocycles. The van der Waals surface area contributed by atoms with Crippen LogP contribution in [0.2, 0.25) is 0 Å². The van der Waals surface area contributed by atoms with E-state index in [0.29, 0.717) is 16.8 Å². The summed E-state index contributed by atoms with van der Waals surface area (Å²) in [6, 6.07) is 12.1. The van der Waals surface area contributed by atoms with Crippen LogP contribution in [0.15, 0.2) is 58.1 Å². The van der Waals surface area contributed by atoms with Gasteiger partial charge in [0.25, 0.3) is 10.0 Å². The van der Waals surface area contributed by atoms with Gasteiger partial charge >= 0.3 is 0 Å². The number of hydrogen-bond acceptors (Lipinski definition) is 4. The van der Waals surface area contributed by atoms with E-state index in [4.69, 9.17) is 5.73 Å². The van der Waals surface area contributed by atoms with Crippen LogP contribution >= 0.6 is 11.3 Å². The van der Waals surface area contributed by atoms with Crippen LogP contribution in [0, 0.1) is 0 Å². The largest absolute Gasteiger partial charge is 0.398 e. The molecule has 0 spiro atoms. The highest BCUT2D eigenvalue weighted by Gasteiger charge is 2.18. The minimum Gasteiger partial charge on any atom is -0.398 e. The maximum atomic E-state index is 12.5. The molecule has 0 aliphatic rings. The molecular weight excluding hydrogens is 292 g/mol. The first-order valence-corrected chi connectivity index (χ1v) is 8.33. The van der Waals surface area contributed by atoms with E-state index in [1.54, 1.807) is 29.6 Å². The molecule has 3 aromatic rings. The zero-order valence-electron chi connectivity index (χ0n) is 10.4. The predicted molar refractivity (Wildman–Crippen MR) is 83.5 cm³/mol. The summed E-state index contributed by atoms with van der Waals surface area (Å²) in [5.41, 5.74) is 7.02. The van der Waals surface area contributed by atoms with Crippen molar-refractivity contribution in [2.24, 2.45) is 0 Å². The molecule has 20 heavy (non-hydrogen) atoms. The Labute approximate surface area is 120 Å². The fraction of sp³-hybridized carbons (Fsp3) is 0. The van der Waals surface area contributed by atoms with Gasteiger partial charge in [-0.15, -0.1) is 0 Å². The van der Waals surface area contributed by atoms with Gasteiger partial charge in [0.05, 0.1) is 10.6 Å². The summed E-state index contributed by atoms with van der Waals surface area (Å²) >= 11 is 1.43. The van der Waals surface area contributed by atoms with Crippen LogP contribution in [-0.4, -0.2) is 8.42 Å². The first-order chi connectivity index (χ1) is 9.58. The molecule has 0 saturated heterocycles. The minimum atomic E-state index is -3.63. The van der Waals surface area contributed by atoms with Gasteiger partial charge in [-0.3, -0.25) is 4.72 Å². The Morgan fingerprint density at radius 2 is 1.75 bits per heavy atom. The summed E-state index contributed by atoms with van der Waals surface area (Å²) < 4.78 is 27.5. The number of nitrogens with two attached hydrogens (primary N) is 1. The SMILES string of the molecule is Nc1ccc(S(=O)(=O)Nc2ccsc2)c2ccccc12. The summed E-state index contributed by atoms with van der Waals surface area (Å²) in [4.78, 5) is 0.230. The van der Waals surface area contributed by atoms with E-state index < -0.39 is 10.0 Å². The maximum absolute atomic E-state index is 12.5. The standard InChI is InChI=1S/C14H12N2O2S2/c15-13-5-6-14(12-4-2-1-3-11(12)13)20(17,18)16-10-7-8-19-9-10/h1-9,16H,15H2. The van der Waals surface area contributed by atoms with Crippen molar-refractivity contribution in [1.82, 2.24) is 0 Å². The van der Waals surface area contributed by atoms with Gasteiger partial charge in [-0.2, -0.15) is 11.3 Å². The summed E-state index contributed by atoms with van der Waals surface area (Å²) in [5, 5.41) is 4.92. The van der Waals surface area contributed by atoms with Gasteiger partial charge in [0, 0.05) is 21.8 Å². The van der Waals surface area contributed by atoms with Gasteiger partial charge < -0.3 is 5.73 Å². The summed E-state index contributed by atoms with van der Waals surface area (Å²) in [6.45, 7) is 0.